The summed E-state index contributed by atoms with van der Waals surface area (Å²) >= 11 is 1.56. The van der Waals surface area contributed by atoms with Crippen LogP contribution in [0.25, 0.3) is 0 Å². The van der Waals surface area contributed by atoms with Gasteiger partial charge in [0.1, 0.15) is 6.54 Å². The van der Waals surface area contributed by atoms with Crippen molar-refractivity contribution in [2.24, 2.45) is 0 Å². The summed E-state index contributed by atoms with van der Waals surface area (Å²) in [7, 11) is 0. The normalized spacial score (nSPS) is 23.0. The van der Waals surface area contributed by atoms with Gasteiger partial charge in [0.15, 0.2) is 11.5 Å². The molecule has 6 nitrogen and oxygen atoms in total. The minimum Gasteiger partial charge on any atom is -0.454 e. The standard InChI is InChI=1S/C16H18N2O4S/c19-15(7-17-9-23-8-16(17)20)18-5-1-2-12(18)11-3-4-13-14(6-11)22-10-21-13/h3-4,6,12H,1-2,5,7-10H2/t12-/m0/s1. The average Bonchev–Trinajstić information content (AvgIpc) is 3.27. The third-order valence-corrected chi connectivity index (χ3v) is 5.45. The molecule has 0 aromatic heterocycles. The SMILES string of the molecule is O=C1CSCN1CC(=O)N1CCC[C@H]1c1ccc2c(c1)OCO2. The molecular formula is C16H18N2O4S. The van der Waals surface area contributed by atoms with Crippen LogP contribution in [0.4, 0.5) is 0 Å². The van der Waals surface area contributed by atoms with Crippen LogP contribution in [0.2, 0.25) is 0 Å². The van der Waals surface area contributed by atoms with Gasteiger partial charge in [-0.1, -0.05) is 6.07 Å². The van der Waals surface area contributed by atoms with E-state index in [2.05, 4.69) is 0 Å². The summed E-state index contributed by atoms with van der Waals surface area (Å²) in [5.74, 6) is 2.69. The molecule has 0 unspecified atom stereocenters. The van der Waals surface area contributed by atoms with E-state index >= 15 is 0 Å². The number of carbonyl (C=O) groups excluding carboxylic acids is 2. The van der Waals surface area contributed by atoms with E-state index in [1.807, 2.05) is 23.1 Å². The zero-order valence-corrected chi connectivity index (χ0v) is 13.5. The Morgan fingerprint density at radius 1 is 1.30 bits per heavy atom. The third-order valence-electron chi connectivity index (χ3n) is 4.51. The molecule has 2 fully saturated rings. The van der Waals surface area contributed by atoms with Crippen molar-refractivity contribution in [3.8, 4) is 11.5 Å². The third kappa shape index (κ3) is 2.73. The van der Waals surface area contributed by atoms with E-state index < -0.39 is 0 Å². The Kier molecular flexibility index (Phi) is 3.80. The maximum absolute atomic E-state index is 12.6. The molecule has 2 amide bonds. The van der Waals surface area contributed by atoms with E-state index in [4.69, 9.17) is 9.47 Å². The van der Waals surface area contributed by atoms with Crippen LogP contribution in [0.5, 0.6) is 11.5 Å². The molecule has 0 saturated carbocycles. The molecule has 1 atom stereocenters. The number of carbonyl (C=O) groups is 2. The first-order valence-corrected chi connectivity index (χ1v) is 8.92. The van der Waals surface area contributed by atoms with Crippen molar-refractivity contribution in [1.82, 2.24) is 9.80 Å². The van der Waals surface area contributed by atoms with E-state index in [9.17, 15) is 9.59 Å². The number of rotatable bonds is 3. The predicted molar refractivity (Wildman–Crippen MR) is 85.3 cm³/mol. The summed E-state index contributed by atoms with van der Waals surface area (Å²) in [6.45, 7) is 1.18. The Morgan fingerprint density at radius 2 is 2.17 bits per heavy atom. The first-order chi connectivity index (χ1) is 11.2. The highest BCUT2D eigenvalue weighted by atomic mass is 32.2. The van der Waals surface area contributed by atoms with Crippen LogP contribution in [0.3, 0.4) is 0 Å². The minimum absolute atomic E-state index is 0.0287. The number of benzene rings is 1. The van der Waals surface area contributed by atoms with Crippen molar-refractivity contribution in [2.75, 3.05) is 31.5 Å². The Balaban J connectivity index is 1.50. The van der Waals surface area contributed by atoms with Crippen molar-refractivity contribution < 1.29 is 19.1 Å². The van der Waals surface area contributed by atoms with E-state index in [1.54, 1.807) is 16.7 Å². The van der Waals surface area contributed by atoms with Crippen molar-refractivity contribution in [3.05, 3.63) is 23.8 Å². The van der Waals surface area contributed by atoms with Gasteiger partial charge in [0, 0.05) is 6.54 Å². The Labute approximate surface area is 138 Å². The molecule has 1 aromatic carbocycles. The van der Waals surface area contributed by atoms with Crippen LogP contribution in [0.1, 0.15) is 24.4 Å². The summed E-state index contributed by atoms with van der Waals surface area (Å²) in [6, 6.07) is 5.93. The average molecular weight is 334 g/mol. The number of hydrogen-bond acceptors (Lipinski definition) is 5. The molecule has 0 radical (unpaired) electrons. The van der Waals surface area contributed by atoms with Crippen LogP contribution in [-0.4, -0.2) is 53.1 Å². The molecule has 1 aromatic rings. The number of thioether (sulfide) groups is 1. The molecule has 4 rings (SSSR count). The molecule has 0 bridgehead atoms. The molecule has 3 aliphatic rings. The molecule has 7 heteroatoms. The lowest BCUT2D eigenvalue weighted by Gasteiger charge is -2.27. The van der Waals surface area contributed by atoms with E-state index in [0.717, 1.165) is 36.4 Å². The van der Waals surface area contributed by atoms with Crippen molar-refractivity contribution >= 4 is 23.6 Å². The summed E-state index contributed by atoms with van der Waals surface area (Å²) in [4.78, 5) is 27.9. The van der Waals surface area contributed by atoms with Crippen molar-refractivity contribution in [1.29, 1.82) is 0 Å². The summed E-state index contributed by atoms with van der Waals surface area (Å²) in [6.07, 6.45) is 1.92. The van der Waals surface area contributed by atoms with E-state index in [1.165, 1.54) is 0 Å². The number of amides is 2. The molecule has 0 aliphatic carbocycles. The molecule has 0 spiro atoms. The minimum atomic E-state index is 0.0287. The molecule has 122 valence electrons. The van der Waals surface area contributed by atoms with Gasteiger partial charge in [0.2, 0.25) is 18.6 Å². The fraction of sp³-hybridized carbons (Fsp3) is 0.500. The van der Waals surface area contributed by atoms with Gasteiger partial charge in [-0.3, -0.25) is 9.59 Å². The van der Waals surface area contributed by atoms with Crippen LogP contribution < -0.4 is 9.47 Å². The number of likely N-dealkylation sites (tertiary alicyclic amines) is 1. The molecule has 23 heavy (non-hydrogen) atoms. The Bertz CT molecular complexity index is 651. The first kappa shape index (κ1) is 14.7. The van der Waals surface area contributed by atoms with Crippen LogP contribution in [0, 0.1) is 0 Å². The molecule has 3 heterocycles. The van der Waals surface area contributed by atoms with Crippen LogP contribution in [0.15, 0.2) is 18.2 Å². The van der Waals surface area contributed by atoms with Gasteiger partial charge in [0.25, 0.3) is 0 Å². The number of ether oxygens (including phenoxy) is 2. The van der Waals surface area contributed by atoms with Gasteiger partial charge in [-0.05, 0) is 30.5 Å². The predicted octanol–water partition coefficient (Wildman–Crippen LogP) is 1.61. The Morgan fingerprint density at radius 3 is 3.00 bits per heavy atom. The molecule has 3 aliphatic heterocycles. The van der Waals surface area contributed by atoms with Crippen LogP contribution in [-0.2, 0) is 9.59 Å². The van der Waals surface area contributed by atoms with E-state index in [-0.39, 0.29) is 31.2 Å². The van der Waals surface area contributed by atoms with Gasteiger partial charge in [-0.2, -0.15) is 0 Å². The molecular weight excluding hydrogens is 316 g/mol. The largest absolute Gasteiger partial charge is 0.454 e. The highest BCUT2D eigenvalue weighted by Gasteiger charge is 2.33. The molecule has 0 N–H and O–H groups in total. The summed E-state index contributed by atoms with van der Waals surface area (Å²) in [5.41, 5.74) is 1.07. The second kappa shape index (κ2) is 5.96. The Hall–Kier alpha value is -1.89. The fourth-order valence-corrected chi connectivity index (χ4v) is 4.23. The van der Waals surface area contributed by atoms with Gasteiger partial charge in [-0.15, -0.1) is 11.8 Å². The first-order valence-electron chi connectivity index (χ1n) is 7.77. The van der Waals surface area contributed by atoms with Crippen LogP contribution >= 0.6 is 11.8 Å². The van der Waals surface area contributed by atoms with Crippen molar-refractivity contribution in [3.63, 3.8) is 0 Å². The highest BCUT2D eigenvalue weighted by molar-refractivity contribution is 8.00. The highest BCUT2D eigenvalue weighted by Crippen LogP contribution is 2.39. The maximum Gasteiger partial charge on any atom is 0.242 e. The monoisotopic (exact) mass is 334 g/mol. The number of hydrogen-bond donors (Lipinski definition) is 0. The molecule has 2 saturated heterocycles. The number of fused-ring (bicyclic) bond motifs is 1. The topological polar surface area (TPSA) is 59.1 Å². The zero-order valence-electron chi connectivity index (χ0n) is 12.7. The second-order valence-electron chi connectivity index (χ2n) is 5.93. The lowest BCUT2D eigenvalue weighted by molar-refractivity contribution is -0.138. The van der Waals surface area contributed by atoms with Gasteiger partial charge >= 0.3 is 0 Å². The van der Waals surface area contributed by atoms with Crippen molar-refractivity contribution in [2.45, 2.75) is 18.9 Å². The van der Waals surface area contributed by atoms with Gasteiger partial charge < -0.3 is 19.3 Å². The summed E-state index contributed by atoms with van der Waals surface area (Å²) < 4.78 is 10.8. The summed E-state index contributed by atoms with van der Waals surface area (Å²) in [5, 5.41) is 0. The van der Waals surface area contributed by atoms with E-state index in [0.29, 0.717) is 11.6 Å². The maximum atomic E-state index is 12.6. The lowest BCUT2D eigenvalue weighted by Crippen LogP contribution is -2.40. The smallest absolute Gasteiger partial charge is 0.242 e. The quantitative estimate of drug-likeness (QED) is 0.840. The fourth-order valence-electron chi connectivity index (χ4n) is 3.33. The number of nitrogens with zero attached hydrogens (tertiary/aromatic N) is 2. The zero-order chi connectivity index (χ0) is 15.8. The lowest BCUT2D eigenvalue weighted by atomic mass is 10.0. The second-order valence-corrected chi connectivity index (χ2v) is 6.88. The van der Waals surface area contributed by atoms with Gasteiger partial charge in [0.05, 0.1) is 17.7 Å². The van der Waals surface area contributed by atoms with Gasteiger partial charge in [-0.25, -0.2) is 0 Å².